The van der Waals surface area contributed by atoms with E-state index in [9.17, 15) is 9.59 Å². The lowest BCUT2D eigenvalue weighted by Gasteiger charge is -2.11. The lowest BCUT2D eigenvalue weighted by molar-refractivity contribution is 0.0956. The van der Waals surface area contributed by atoms with E-state index in [0.717, 1.165) is 12.8 Å². The van der Waals surface area contributed by atoms with Crippen LogP contribution in [0.3, 0.4) is 0 Å². The molecule has 6 nitrogen and oxygen atoms in total. The van der Waals surface area contributed by atoms with E-state index < -0.39 is 11.7 Å². The number of hydrogen-bond donors (Lipinski definition) is 3. The molecule has 0 aliphatic rings. The number of Topliss-reactive ketones (excluding diaryl/α,β-unsaturated/α-hetero) is 1. The highest BCUT2D eigenvalue weighted by molar-refractivity contribution is 6.02. The summed E-state index contributed by atoms with van der Waals surface area (Å²) >= 11 is 0. The van der Waals surface area contributed by atoms with Gasteiger partial charge in [-0.2, -0.15) is 0 Å². The fourth-order valence-electron chi connectivity index (χ4n) is 2.38. The van der Waals surface area contributed by atoms with E-state index >= 15 is 0 Å². The van der Waals surface area contributed by atoms with Gasteiger partial charge in [0.05, 0.1) is 6.04 Å². The van der Waals surface area contributed by atoms with E-state index in [1.54, 1.807) is 25.1 Å². The summed E-state index contributed by atoms with van der Waals surface area (Å²) in [6.45, 7) is 2.33. The molecule has 1 unspecified atom stereocenters. The van der Waals surface area contributed by atoms with Crippen LogP contribution in [0.15, 0.2) is 27.4 Å². The number of fused-ring (bicyclic) bond motifs is 1. The minimum Gasteiger partial charge on any atom is -0.421 e. The van der Waals surface area contributed by atoms with Crippen LogP contribution in [-0.2, 0) is 0 Å². The van der Waals surface area contributed by atoms with Crippen LogP contribution in [0.5, 0.6) is 0 Å². The average molecular weight is 303 g/mol. The molecule has 6 heteroatoms. The third-order valence-electron chi connectivity index (χ3n) is 3.80. The van der Waals surface area contributed by atoms with Crippen molar-refractivity contribution in [2.24, 2.45) is 11.5 Å². The Kier molecular flexibility index (Phi) is 4.95. The Labute approximate surface area is 128 Å². The SMILES string of the molecule is Cc1c(N)c(=O)oc2cc(C(=O)C(N)CCCCN)ccc12. The summed E-state index contributed by atoms with van der Waals surface area (Å²) in [6.07, 6.45) is 2.23. The first-order chi connectivity index (χ1) is 10.5. The molecule has 6 N–H and O–H groups in total. The number of carbonyl (C=O) groups excluding carboxylic acids is 1. The van der Waals surface area contributed by atoms with Gasteiger partial charge in [-0.15, -0.1) is 0 Å². The van der Waals surface area contributed by atoms with Crippen molar-refractivity contribution < 1.29 is 9.21 Å². The Morgan fingerprint density at radius 1 is 1.32 bits per heavy atom. The molecule has 0 bridgehead atoms. The molecule has 0 aliphatic heterocycles. The van der Waals surface area contributed by atoms with Gasteiger partial charge in [0.25, 0.3) is 0 Å². The highest BCUT2D eigenvalue weighted by atomic mass is 16.4. The van der Waals surface area contributed by atoms with Gasteiger partial charge >= 0.3 is 5.63 Å². The first-order valence-electron chi connectivity index (χ1n) is 7.28. The van der Waals surface area contributed by atoms with Crippen molar-refractivity contribution in [3.05, 3.63) is 39.7 Å². The number of aryl methyl sites for hydroxylation is 1. The van der Waals surface area contributed by atoms with Crippen LogP contribution in [0, 0.1) is 6.92 Å². The zero-order valence-corrected chi connectivity index (χ0v) is 12.6. The van der Waals surface area contributed by atoms with E-state index in [4.69, 9.17) is 21.6 Å². The summed E-state index contributed by atoms with van der Waals surface area (Å²) in [5.41, 5.74) is 17.9. The van der Waals surface area contributed by atoms with Crippen LogP contribution in [0.2, 0.25) is 0 Å². The average Bonchev–Trinajstić information content (AvgIpc) is 2.51. The van der Waals surface area contributed by atoms with Gasteiger partial charge in [-0.1, -0.05) is 18.6 Å². The Morgan fingerprint density at radius 2 is 2.05 bits per heavy atom. The molecule has 1 atom stereocenters. The van der Waals surface area contributed by atoms with Gasteiger partial charge in [0.1, 0.15) is 11.3 Å². The minimum absolute atomic E-state index is 0.0880. The van der Waals surface area contributed by atoms with Crippen molar-refractivity contribution in [2.75, 3.05) is 12.3 Å². The molecule has 0 aliphatic carbocycles. The summed E-state index contributed by atoms with van der Waals surface area (Å²) in [6, 6.07) is 4.38. The number of benzene rings is 1. The Bertz CT molecular complexity index is 752. The molecule has 1 aromatic heterocycles. The molecule has 0 saturated carbocycles. The van der Waals surface area contributed by atoms with Crippen LogP contribution in [-0.4, -0.2) is 18.4 Å². The first kappa shape index (κ1) is 16.2. The van der Waals surface area contributed by atoms with Crippen LogP contribution in [0.1, 0.15) is 35.2 Å². The summed E-state index contributed by atoms with van der Waals surface area (Å²) in [5.74, 6) is -0.170. The maximum Gasteiger partial charge on any atom is 0.359 e. The van der Waals surface area contributed by atoms with E-state index in [0.29, 0.717) is 35.1 Å². The molecular weight excluding hydrogens is 282 g/mol. The predicted octanol–water partition coefficient (Wildman–Crippen LogP) is 1.32. The molecule has 1 heterocycles. The molecule has 118 valence electrons. The summed E-state index contributed by atoms with van der Waals surface area (Å²) in [4.78, 5) is 23.9. The second-order valence-electron chi connectivity index (χ2n) is 5.39. The number of hydrogen-bond acceptors (Lipinski definition) is 6. The van der Waals surface area contributed by atoms with Gasteiger partial charge < -0.3 is 21.6 Å². The molecule has 0 amide bonds. The maximum absolute atomic E-state index is 12.3. The van der Waals surface area contributed by atoms with Crippen LogP contribution in [0.25, 0.3) is 11.0 Å². The molecular formula is C16H21N3O3. The second-order valence-corrected chi connectivity index (χ2v) is 5.39. The number of anilines is 1. The molecule has 2 rings (SSSR count). The molecule has 2 aromatic rings. The quantitative estimate of drug-likeness (QED) is 0.420. The van der Waals surface area contributed by atoms with Gasteiger partial charge in [-0.25, -0.2) is 4.79 Å². The Morgan fingerprint density at radius 3 is 2.73 bits per heavy atom. The van der Waals surface area contributed by atoms with Gasteiger partial charge in [0.2, 0.25) is 0 Å². The van der Waals surface area contributed by atoms with Crippen molar-refractivity contribution >= 4 is 22.4 Å². The van der Waals surface area contributed by atoms with Crippen molar-refractivity contribution in [3.63, 3.8) is 0 Å². The second kappa shape index (κ2) is 6.72. The van der Waals surface area contributed by atoms with Gasteiger partial charge in [0.15, 0.2) is 5.78 Å². The smallest absolute Gasteiger partial charge is 0.359 e. The van der Waals surface area contributed by atoms with Gasteiger partial charge in [0, 0.05) is 10.9 Å². The number of carbonyl (C=O) groups is 1. The highest BCUT2D eigenvalue weighted by Crippen LogP contribution is 2.22. The van der Waals surface area contributed by atoms with Crippen molar-refractivity contribution in [3.8, 4) is 0 Å². The van der Waals surface area contributed by atoms with Crippen molar-refractivity contribution in [2.45, 2.75) is 32.2 Å². The van der Waals surface area contributed by atoms with Gasteiger partial charge in [-0.3, -0.25) is 4.79 Å². The van der Waals surface area contributed by atoms with Crippen LogP contribution in [0.4, 0.5) is 5.69 Å². The lowest BCUT2D eigenvalue weighted by Crippen LogP contribution is -2.30. The zero-order valence-electron chi connectivity index (χ0n) is 12.6. The monoisotopic (exact) mass is 303 g/mol. The molecule has 0 spiro atoms. The van der Waals surface area contributed by atoms with E-state index in [-0.39, 0.29) is 11.5 Å². The molecule has 0 radical (unpaired) electrons. The number of nitrogen functional groups attached to an aromatic ring is 1. The largest absolute Gasteiger partial charge is 0.421 e. The van der Waals surface area contributed by atoms with Crippen LogP contribution >= 0.6 is 0 Å². The zero-order chi connectivity index (χ0) is 16.3. The third-order valence-corrected chi connectivity index (χ3v) is 3.80. The fraction of sp³-hybridized carbons (Fsp3) is 0.375. The molecule has 0 saturated heterocycles. The lowest BCUT2D eigenvalue weighted by atomic mass is 9.98. The van der Waals surface area contributed by atoms with E-state index in [2.05, 4.69) is 0 Å². The highest BCUT2D eigenvalue weighted by Gasteiger charge is 2.17. The standard InChI is InChI=1S/C16H21N3O3/c1-9-11-6-5-10(8-13(11)22-16(21)14(9)19)15(20)12(18)4-2-3-7-17/h5-6,8,12H,2-4,7,17-19H2,1H3. The fourth-order valence-corrected chi connectivity index (χ4v) is 2.38. The summed E-state index contributed by atoms with van der Waals surface area (Å²) in [7, 11) is 0. The van der Waals surface area contributed by atoms with E-state index in [1.165, 1.54) is 0 Å². The predicted molar refractivity (Wildman–Crippen MR) is 86.8 cm³/mol. The number of rotatable bonds is 6. The number of nitrogens with two attached hydrogens (primary N) is 3. The molecule has 22 heavy (non-hydrogen) atoms. The Hall–Kier alpha value is -2.18. The summed E-state index contributed by atoms with van der Waals surface area (Å²) < 4.78 is 5.15. The number of unbranched alkanes of at least 4 members (excludes halogenated alkanes) is 1. The van der Waals surface area contributed by atoms with Gasteiger partial charge in [-0.05, 0) is 37.9 Å². The van der Waals surface area contributed by atoms with E-state index in [1.807, 2.05) is 0 Å². The van der Waals surface area contributed by atoms with Crippen LogP contribution < -0.4 is 22.8 Å². The van der Waals surface area contributed by atoms with Crippen molar-refractivity contribution in [1.82, 2.24) is 0 Å². The van der Waals surface area contributed by atoms with Crippen molar-refractivity contribution in [1.29, 1.82) is 0 Å². The topological polar surface area (TPSA) is 125 Å². The minimum atomic E-state index is -0.596. The molecule has 1 aromatic carbocycles. The number of ketones is 1. The summed E-state index contributed by atoms with van der Waals surface area (Å²) in [5, 5.41) is 0.713. The molecule has 0 fully saturated rings. The first-order valence-corrected chi connectivity index (χ1v) is 7.28. The maximum atomic E-state index is 12.3. The normalized spacial score (nSPS) is 12.5. The Balaban J connectivity index is 2.31. The third kappa shape index (κ3) is 3.18.